The van der Waals surface area contributed by atoms with Crippen LogP contribution in [0.1, 0.15) is 25.7 Å². The summed E-state index contributed by atoms with van der Waals surface area (Å²) in [5.74, 6) is 8.04. The maximum atomic E-state index is 4.38. The molecule has 1 aliphatic carbocycles. The van der Waals surface area contributed by atoms with Gasteiger partial charge in [-0.3, -0.25) is 4.90 Å². The maximum absolute atomic E-state index is 4.38. The molecule has 0 aliphatic heterocycles. The van der Waals surface area contributed by atoms with E-state index in [0.29, 0.717) is 12.0 Å². The first-order valence-electron chi connectivity index (χ1n) is 7.39. The van der Waals surface area contributed by atoms with E-state index in [1.54, 1.807) is 12.4 Å². The van der Waals surface area contributed by atoms with Gasteiger partial charge >= 0.3 is 0 Å². The standard InChI is InChI=1S/C16H23BrN4/c1-20(2)10-4-5-13-6-8-15(9-7-13)21(3)16-18-11-14(17)12-19-16/h11-13,15H,6-10H2,1-3H3. The predicted octanol–water partition coefficient (Wildman–Crippen LogP) is 2.80. The fourth-order valence-corrected chi connectivity index (χ4v) is 2.81. The van der Waals surface area contributed by atoms with Crippen LogP contribution in [0.15, 0.2) is 16.9 Å². The normalized spacial score (nSPS) is 21.8. The second-order valence-electron chi connectivity index (χ2n) is 5.88. The molecule has 5 heteroatoms. The summed E-state index contributed by atoms with van der Waals surface area (Å²) >= 11 is 3.37. The van der Waals surface area contributed by atoms with Crippen molar-refractivity contribution in [2.75, 3.05) is 32.6 Å². The van der Waals surface area contributed by atoms with Crippen LogP contribution in [-0.4, -0.2) is 48.6 Å². The number of hydrogen-bond acceptors (Lipinski definition) is 4. The minimum atomic E-state index is 0.526. The maximum Gasteiger partial charge on any atom is 0.225 e. The van der Waals surface area contributed by atoms with Crippen LogP contribution in [0.5, 0.6) is 0 Å². The van der Waals surface area contributed by atoms with E-state index in [1.807, 2.05) is 0 Å². The molecule has 21 heavy (non-hydrogen) atoms. The van der Waals surface area contributed by atoms with Crippen molar-refractivity contribution in [3.05, 3.63) is 16.9 Å². The van der Waals surface area contributed by atoms with E-state index < -0.39 is 0 Å². The molecule has 0 aromatic carbocycles. The molecule has 0 radical (unpaired) electrons. The average Bonchev–Trinajstić information content (AvgIpc) is 2.48. The fourth-order valence-electron chi connectivity index (χ4n) is 2.61. The van der Waals surface area contributed by atoms with Crippen molar-refractivity contribution in [1.82, 2.24) is 14.9 Å². The van der Waals surface area contributed by atoms with E-state index in [1.165, 1.54) is 12.8 Å². The SMILES string of the molecule is CN(C)CC#CC1CCC(N(C)c2ncc(Br)cn2)CC1. The first-order valence-corrected chi connectivity index (χ1v) is 8.19. The first kappa shape index (κ1) is 16.3. The van der Waals surface area contributed by atoms with Crippen molar-refractivity contribution < 1.29 is 0 Å². The van der Waals surface area contributed by atoms with Crippen LogP contribution in [0, 0.1) is 17.8 Å². The Morgan fingerprint density at radius 3 is 2.33 bits per heavy atom. The quantitative estimate of drug-likeness (QED) is 0.784. The summed E-state index contributed by atoms with van der Waals surface area (Å²) in [6, 6.07) is 0.526. The molecule has 1 fully saturated rings. The van der Waals surface area contributed by atoms with Crippen molar-refractivity contribution in [1.29, 1.82) is 0 Å². The molecule has 4 nitrogen and oxygen atoms in total. The molecule has 114 valence electrons. The van der Waals surface area contributed by atoms with Gasteiger partial charge in [-0.15, -0.1) is 0 Å². The zero-order chi connectivity index (χ0) is 15.2. The van der Waals surface area contributed by atoms with Gasteiger partial charge in [0.2, 0.25) is 5.95 Å². The van der Waals surface area contributed by atoms with Crippen LogP contribution in [0.4, 0.5) is 5.95 Å². The van der Waals surface area contributed by atoms with Gasteiger partial charge in [0, 0.05) is 31.4 Å². The van der Waals surface area contributed by atoms with Crippen LogP contribution >= 0.6 is 15.9 Å². The van der Waals surface area contributed by atoms with Crippen LogP contribution in [0.25, 0.3) is 0 Å². The Hall–Kier alpha value is -1.12. The molecule has 0 saturated heterocycles. The largest absolute Gasteiger partial charge is 0.341 e. The Labute approximate surface area is 136 Å². The zero-order valence-corrected chi connectivity index (χ0v) is 14.6. The van der Waals surface area contributed by atoms with Crippen LogP contribution in [0.2, 0.25) is 0 Å². The van der Waals surface area contributed by atoms with Gasteiger partial charge in [-0.1, -0.05) is 11.8 Å². The van der Waals surface area contributed by atoms with Gasteiger partial charge in [-0.2, -0.15) is 0 Å². The third-order valence-electron chi connectivity index (χ3n) is 3.87. The van der Waals surface area contributed by atoms with E-state index in [4.69, 9.17) is 0 Å². The topological polar surface area (TPSA) is 32.3 Å². The highest BCUT2D eigenvalue weighted by molar-refractivity contribution is 9.10. The van der Waals surface area contributed by atoms with Crippen molar-refractivity contribution in [2.45, 2.75) is 31.7 Å². The van der Waals surface area contributed by atoms with Crippen molar-refractivity contribution >= 4 is 21.9 Å². The Morgan fingerprint density at radius 2 is 1.76 bits per heavy atom. The number of hydrogen-bond donors (Lipinski definition) is 0. The third kappa shape index (κ3) is 4.98. The minimum Gasteiger partial charge on any atom is -0.341 e. The summed E-state index contributed by atoms with van der Waals surface area (Å²) in [4.78, 5) is 13.1. The van der Waals surface area contributed by atoms with E-state index >= 15 is 0 Å². The highest BCUT2D eigenvalue weighted by atomic mass is 79.9. The van der Waals surface area contributed by atoms with Crippen LogP contribution in [0.3, 0.4) is 0 Å². The number of halogens is 1. The monoisotopic (exact) mass is 350 g/mol. The molecule has 1 heterocycles. The van der Waals surface area contributed by atoms with Crippen LogP contribution < -0.4 is 4.90 Å². The zero-order valence-electron chi connectivity index (χ0n) is 13.0. The van der Waals surface area contributed by atoms with Gasteiger partial charge in [0.05, 0.1) is 11.0 Å². The van der Waals surface area contributed by atoms with Gasteiger partial charge in [0.1, 0.15) is 0 Å². The molecular formula is C16H23BrN4. The highest BCUT2D eigenvalue weighted by Gasteiger charge is 2.24. The predicted molar refractivity (Wildman–Crippen MR) is 90.2 cm³/mol. The van der Waals surface area contributed by atoms with Crippen molar-refractivity contribution in [3.8, 4) is 11.8 Å². The lowest BCUT2D eigenvalue weighted by molar-refractivity contribution is 0.371. The Bertz CT molecular complexity index is 495. The van der Waals surface area contributed by atoms with Gasteiger partial charge in [0.15, 0.2) is 0 Å². The van der Waals surface area contributed by atoms with Gasteiger partial charge in [-0.05, 0) is 55.7 Å². The fraction of sp³-hybridized carbons (Fsp3) is 0.625. The summed E-state index contributed by atoms with van der Waals surface area (Å²) < 4.78 is 0.916. The van der Waals surface area contributed by atoms with Gasteiger partial charge in [-0.25, -0.2) is 9.97 Å². The van der Waals surface area contributed by atoms with Crippen molar-refractivity contribution in [2.24, 2.45) is 5.92 Å². The lowest BCUT2D eigenvalue weighted by atomic mass is 9.86. The molecule has 1 aromatic heterocycles. The second kappa shape index (κ2) is 7.77. The number of rotatable bonds is 3. The highest BCUT2D eigenvalue weighted by Crippen LogP contribution is 2.28. The summed E-state index contributed by atoms with van der Waals surface area (Å²) in [6.45, 7) is 0.854. The summed E-state index contributed by atoms with van der Waals surface area (Å²) in [5.41, 5.74) is 0. The van der Waals surface area contributed by atoms with Crippen molar-refractivity contribution in [3.63, 3.8) is 0 Å². The smallest absolute Gasteiger partial charge is 0.225 e. The molecule has 0 atom stereocenters. The summed E-state index contributed by atoms with van der Waals surface area (Å²) in [5, 5.41) is 0. The summed E-state index contributed by atoms with van der Waals surface area (Å²) in [6.07, 6.45) is 8.28. The van der Waals surface area contributed by atoms with E-state index in [0.717, 1.165) is 29.8 Å². The summed E-state index contributed by atoms with van der Waals surface area (Å²) in [7, 11) is 6.20. The first-order chi connectivity index (χ1) is 10.1. The Kier molecular flexibility index (Phi) is 6.01. The second-order valence-corrected chi connectivity index (χ2v) is 6.79. The average molecular weight is 351 g/mol. The minimum absolute atomic E-state index is 0.526. The lowest BCUT2D eigenvalue weighted by Crippen LogP contribution is -2.36. The lowest BCUT2D eigenvalue weighted by Gasteiger charge is -2.33. The molecule has 0 amide bonds. The molecule has 1 aliphatic rings. The molecule has 1 saturated carbocycles. The Morgan fingerprint density at radius 1 is 1.14 bits per heavy atom. The van der Waals surface area contributed by atoms with Gasteiger partial charge < -0.3 is 4.90 Å². The van der Waals surface area contributed by atoms with E-state index in [-0.39, 0.29) is 0 Å². The number of anilines is 1. The van der Waals surface area contributed by atoms with E-state index in [2.05, 4.69) is 68.7 Å². The molecule has 0 spiro atoms. The molecule has 2 rings (SSSR count). The third-order valence-corrected chi connectivity index (χ3v) is 4.28. The molecule has 0 unspecified atom stereocenters. The molecular weight excluding hydrogens is 328 g/mol. The molecule has 0 bridgehead atoms. The Balaban J connectivity index is 1.85. The van der Waals surface area contributed by atoms with Gasteiger partial charge in [0.25, 0.3) is 0 Å². The van der Waals surface area contributed by atoms with Crippen LogP contribution in [-0.2, 0) is 0 Å². The number of nitrogens with zero attached hydrogens (tertiary/aromatic N) is 4. The molecule has 0 N–H and O–H groups in total. The van der Waals surface area contributed by atoms with E-state index in [9.17, 15) is 0 Å². The number of aromatic nitrogens is 2. The molecule has 1 aromatic rings.